The summed E-state index contributed by atoms with van der Waals surface area (Å²) in [5.74, 6) is 0. The van der Waals surface area contributed by atoms with Crippen molar-refractivity contribution in [2.75, 3.05) is 5.32 Å². The summed E-state index contributed by atoms with van der Waals surface area (Å²) < 4.78 is 6.68. The number of aromatic nitrogens is 4. The minimum Gasteiger partial charge on any atom is -0.444 e. The van der Waals surface area contributed by atoms with E-state index in [0.29, 0.717) is 5.69 Å². The highest BCUT2D eigenvalue weighted by atomic mass is 16.6. The highest BCUT2D eigenvalue weighted by molar-refractivity contribution is 5.84. The molecule has 100 valence electrons. The molecule has 0 aliphatic carbocycles. The molecule has 0 radical (unpaired) electrons. The number of tetrazole rings is 1. The molecule has 1 aromatic carbocycles. The van der Waals surface area contributed by atoms with E-state index in [-0.39, 0.29) is 0 Å². The normalized spacial score (nSPS) is 11.1. The summed E-state index contributed by atoms with van der Waals surface area (Å²) in [5.41, 5.74) is 0.932. The molecule has 0 atom stereocenters. The molecule has 2 rings (SSSR count). The molecule has 0 fully saturated rings. The van der Waals surface area contributed by atoms with Gasteiger partial charge in [0.05, 0.1) is 5.69 Å². The Bertz CT molecular complexity index is 542. The molecule has 0 spiro atoms. The number of ether oxygens (including phenoxy) is 1. The lowest BCUT2D eigenvalue weighted by Crippen LogP contribution is -2.27. The number of benzene rings is 1. The van der Waals surface area contributed by atoms with Gasteiger partial charge in [-0.2, -0.15) is 0 Å². The molecule has 1 amide bonds. The summed E-state index contributed by atoms with van der Waals surface area (Å²) in [6.07, 6.45) is 1.01. The van der Waals surface area contributed by atoms with Crippen LogP contribution in [0.5, 0.6) is 0 Å². The predicted molar refractivity (Wildman–Crippen MR) is 69.0 cm³/mol. The van der Waals surface area contributed by atoms with Crippen molar-refractivity contribution in [3.05, 3.63) is 30.6 Å². The summed E-state index contributed by atoms with van der Waals surface area (Å²) >= 11 is 0. The minimum atomic E-state index is -0.517. The van der Waals surface area contributed by atoms with Crippen LogP contribution in [0.2, 0.25) is 0 Å². The fourth-order valence-electron chi connectivity index (χ4n) is 1.40. The number of rotatable bonds is 2. The van der Waals surface area contributed by atoms with Crippen LogP contribution in [0.15, 0.2) is 30.6 Å². The second kappa shape index (κ2) is 5.05. The number of nitrogens with one attached hydrogen (secondary N) is 1. The van der Waals surface area contributed by atoms with Crippen molar-refractivity contribution in [1.82, 2.24) is 20.2 Å². The molecule has 0 aliphatic heterocycles. The molecule has 0 bridgehead atoms. The first-order valence-electron chi connectivity index (χ1n) is 5.77. The number of hydrogen-bond acceptors (Lipinski definition) is 5. The lowest BCUT2D eigenvalue weighted by atomic mass is 10.2. The molecule has 1 aromatic heterocycles. The highest BCUT2D eigenvalue weighted by Gasteiger charge is 2.16. The Morgan fingerprint density at radius 3 is 2.47 bits per heavy atom. The van der Waals surface area contributed by atoms with Crippen molar-refractivity contribution in [1.29, 1.82) is 0 Å². The van der Waals surface area contributed by atoms with E-state index >= 15 is 0 Å². The van der Waals surface area contributed by atoms with Crippen LogP contribution in [0, 0.1) is 0 Å². The van der Waals surface area contributed by atoms with Gasteiger partial charge in [-0.25, -0.2) is 9.48 Å². The third-order valence-electron chi connectivity index (χ3n) is 2.13. The van der Waals surface area contributed by atoms with Gasteiger partial charge in [0.2, 0.25) is 0 Å². The van der Waals surface area contributed by atoms with Gasteiger partial charge in [0.1, 0.15) is 11.9 Å². The van der Waals surface area contributed by atoms with Crippen LogP contribution in [0.3, 0.4) is 0 Å². The van der Waals surface area contributed by atoms with E-state index in [4.69, 9.17) is 4.74 Å². The van der Waals surface area contributed by atoms with E-state index in [9.17, 15) is 4.79 Å². The van der Waals surface area contributed by atoms with Gasteiger partial charge in [0, 0.05) is 5.69 Å². The lowest BCUT2D eigenvalue weighted by Gasteiger charge is -2.19. The molecular formula is C12H15N5O2. The van der Waals surface area contributed by atoms with Crippen LogP contribution in [-0.2, 0) is 4.74 Å². The SMILES string of the molecule is CC(C)(C)OC(=O)Nc1ccc(-n2cnnn2)cc1. The van der Waals surface area contributed by atoms with Crippen molar-refractivity contribution in [3.8, 4) is 5.69 Å². The summed E-state index contributed by atoms with van der Waals surface area (Å²) in [7, 11) is 0. The second-order valence-electron chi connectivity index (χ2n) is 4.93. The van der Waals surface area contributed by atoms with Gasteiger partial charge in [0.15, 0.2) is 0 Å². The van der Waals surface area contributed by atoms with Gasteiger partial charge in [-0.3, -0.25) is 5.32 Å². The van der Waals surface area contributed by atoms with E-state index in [1.165, 1.54) is 11.0 Å². The zero-order valence-corrected chi connectivity index (χ0v) is 11.0. The number of nitrogens with zero attached hydrogens (tertiary/aromatic N) is 4. The van der Waals surface area contributed by atoms with Gasteiger partial charge in [-0.1, -0.05) is 0 Å². The Labute approximate surface area is 110 Å². The maximum Gasteiger partial charge on any atom is 0.412 e. The lowest BCUT2D eigenvalue weighted by molar-refractivity contribution is 0.0636. The largest absolute Gasteiger partial charge is 0.444 e. The first kappa shape index (κ1) is 13.0. The molecule has 7 nitrogen and oxygen atoms in total. The monoisotopic (exact) mass is 261 g/mol. The van der Waals surface area contributed by atoms with Crippen molar-refractivity contribution >= 4 is 11.8 Å². The van der Waals surface area contributed by atoms with Gasteiger partial charge >= 0.3 is 6.09 Å². The summed E-state index contributed by atoms with van der Waals surface area (Å²) in [4.78, 5) is 11.6. The zero-order chi connectivity index (χ0) is 13.9. The number of carbonyl (C=O) groups is 1. The van der Waals surface area contributed by atoms with Crippen LogP contribution in [-0.4, -0.2) is 31.9 Å². The average Bonchev–Trinajstić information content (AvgIpc) is 2.80. The fourth-order valence-corrected chi connectivity index (χ4v) is 1.40. The summed E-state index contributed by atoms with van der Waals surface area (Å²) in [6, 6.07) is 7.09. The van der Waals surface area contributed by atoms with E-state index in [2.05, 4.69) is 20.8 Å². The standard InChI is InChI=1S/C12H15N5O2/c1-12(2,3)19-11(18)14-9-4-6-10(7-5-9)17-8-13-15-16-17/h4-8H,1-3H3,(H,14,18). The molecule has 0 saturated carbocycles. The average molecular weight is 261 g/mol. The summed E-state index contributed by atoms with van der Waals surface area (Å²) in [5, 5.41) is 13.5. The maximum atomic E-state index is 11.6. The summed E-state index contributed by atoms with van der Waals surface area (Å²) in [6.45, 7) is 5.44. The number of anilines is 1. The fraction of sp³-hybridized carbons (Fsp3) is 0.333. The molecule has 1 heterocycles. The Balaban J connectivity index is 2.01. The number of hydrogen-bond donors (Lipinski definition) is 1. The van der Waals surface area contributed by atoms with Crippen molar-refractivity contribution in [2.45, 2.75) is 26.4 Å². The maximum absolute atomic E-state index is 11.6. The first-order valence-corrected chi connectivity index (χ1v) is 5.77. The minimum absolute atomic E-state index is 0.484. The van der Waals surface area contributed by atoms with E-state index in [1.54, 1.807) is 24.3 Å². The van der Waals surface area contributed by atoms with Gasteiger partial charge < -0.3 is 4.74 Å². The Kier molecular flexibility index (Phi) is 3.46. The number of amides is 1. The molecule has 19 heavy (non-hydrogen) atoms. The smallest absolute Gasteiger partial charge is 0.412 e. The van der Waals surface area contributed by atoms with Crippen molar-refractivity contribution in [2.24, 2.45) is 0 Å². The van der Waals surface area contributed by atoms with Crippen LogP contribution in [0.4, 0.5) is 10.5 Å². The van der Waals surface area contributed by atoms with Crippen LogP contribution in [0.25, 0.3) is 5.69 Å². The molecule has 7 heteroatoms. The van der Waals surface area contributed by atoms with E-state index in [1.807, 2.05) is 20.8 Å². The third-order valence-corrected chi connectivity index (χ3v) is 2.13. The van der Waals surface area contributed by atoms with E-state index < -0.39 is 11.7 Å². The third kappa shape index (κ3) is 3.77. The topological polar surface area (TPSA) is 81.9 Å². The van der Waals surface area contributed by atoms with Crippen molar-refractivity contribution < 1.29 is 9.53 Å². The quantitative estimate of drug-likeness (QED) is 0.894. The molecule has 1 N–H and O–H groups in total. The zero-order valence-electron chi connectivity index (χ0n) is 11.0. The van der Waals surface area contributed by atoms with Crippen molar-refractivity contribution in [3.63, 3.8) is 0 Å². The van der Waals surface area contributed by atoms with Crippen LogP contribution < -0.4 is 5.32 Å². The molecule has 2 aromatic rings. The molecule has 0 aliphatic rings. The van der Waals surface area contributed by atoms with Crippen LogP contribution >= 0.6 is 0 Å². The highest BCUT2D eigenvalue weighted by Crippen LogP contribution is 2.14. The molecule has 0 unspecified atom stereocenters. The number of carbonyl (C=O) groups excluding carboxylic acids is 1. The molecular weight excluding hydrogens is 246 g/mol. The van der Waals surface area contributed by atoms with Gasteiger partial charge in [-0.05, 0) is 55.5 Å². The van der Waals surface area contributed by atoms with Gasteiger partial charge in [-0.15, -0.1) is 5.10 Å². The Morgan fingerprint density at radius 1 is 1.26 bits per heavy atom. The van der Waals surface area contributed by atoms with Crippen LogP contribution in [0.1, 0.15) is 20.8 Å². The first-order chi connectivity index (χ1) is 8.94. The molecule has 0 saturated heterocycles. The Hall–Kier alpha value is -2.44. The predicted octanol–water partition coefficient (Wildman–Crippen LogP) is 2.01. The van der Waals surface area contributed by atoms with Gasteiger partial charge in [0.25, 0.3) is 0 Å². The Morgan fingerprint density at radius 2 is 1.95 bits per heavy atom. The van der Waals surface area contributed by atoms with E-state index in [0.717, 1.165) is 5.69 Å². The second-order valence-corrected chi connectivity index (χ2v) is 4.93.